The minimum absolute atomic E-state index is 0.0696. The van der Waals surface area contributed by atoms with Gasteiger partial charge < -0.3 is 10.6 Å². The molecule has 20 heavy (non-hydrogen) atoms. The van der Waals surface area contributed by atoms with E-state index in [2.05, 4.69) is 11.0 Å². The van der Waals surface area contributed by atoms with Crippen molar-refractivity contribution in [1.29, 1.82) is 5.26 Å². The highest BCUT2D eigenvalue weighted by Gasteiger charge is 2.15. The van der Waals surface area contributed by atoms with Gasteiger partial charge in [0.2, 0.25) is 0 Å². The Morgan fingerprint density at radius 1 is 1.15 bits per heavy atom. The predicted octanol–water partition coefficient (Wildman–Crippen LogP) is 3.35. The van der Waals surface area contributed by atoms with E-state index in [1.54, 1.807) is 12.1 Å². The number of anilines is 1. The Hall–Kier alpha value is -2.02. The van der Waals surface area contributed by atoms with Crippen LogP contribution in [0.25, 0.3) is 0 Å². The number of nitriles is 1. The molecule has 0 amide bonds. The molecule has 0 fully saturated rings. The van der Waals surface area contributed by atoms with Crippen molar-refractivity contribution in [2.75, 3.05) is 18.5 Å². The minimum Gasteiger partial charge on any atom is -0.366 e. The van der Waals surface area contributed by atoms with Gasteiger partial charge in [-0.15, -0.1) is 0 Å². The molecule has 0 saturated carbocycles. The second-order valence-electron chi connectivity index (χ2n) is 4.57. The zero-order valence-electron chi connectivity index (χ0n) is 11.3. The van der Waals surface area contributed by atoms with Crippen LogP contribution in [-0.4, -0.2) is 13.6 Å². The highest BCUT2D eigenvalue weighted by Crippen LogP contribution is 2.26. The SMILES string of the molecule is CN(c1ccc(C#N)cc1)C(CN)c1ccc(Cl)cc1. The number of hydrogen-bond donors (Lipinski definition) is 1. The van der Waals surface area contributed by atoms with Crippen LogP contribution in [0.2, 0.25) is 5.02 Å². The van der Waals surface area contributed by atoms with Crippen molar-refractivity contribution in [1.82, 2.24) is 0 Å². The van der Waals surface area contributed by atoms with Crippen molar-refractivity contribution in [3.63, 3.8) is 0 Å². The summed E-state index contributed by atoms with van der Waals surface area (Å²) in [5.41, 5.74) is 8.70. The molecule has 3 nitrogen and oxygen atoms in total. The molecule has 2 rings (SSSR count). The Labute approximate surface area is 124 Å². The molecule has 2 N–H and O–H groups in total. The Kier molecular flexibility index (Phi) is 4.62. The molecule has 0 heterocycles. The van der Waals surface area contributed by atoms with Gasteiger partial charge in [0.05, 0.1) is 17.7 Å². The predicted molar refractivity (Wildman–Crippen MR) is 82.8 cm³/mol. The van der Waals surface area contributed by atoms with Crippen LogP contribution in [0.15, 0.2) is 48.5 Å². The van der Waals surface area contributed by atoms with Crippen LogP contribution in [0.5, 0.6) is 0 Å². The van der Waals surface area contributed by atoms with Crippen molar-refractivity contribution in [2.24, 2.45) is 5.73 Å². The molecule has 0 aliphatic carbocycles. The van der Waals surface area contributed by atoms with Gasteiger partial charge in [-0.05, 0) is 42.0 Å². The van der Waals surface area contributed by atoms with Crippen LogP contribution in [0.3, 0.4) is 0 Å². The van der Waals surface area contributed by atoms with Gasteiger partial charge in [-0.2, -0.15) is 5.26 Å². The average Bonchev–Trinajstić information content (AvgIpc) is 2.50. The third-order valence-electron chi connectivity index (χ3n) is 3.35. The summed E-state index contributed by atoms with van der Waals surface area (Å²) in [4.78, 5) is 2.10. The van der Waals surface area contributed by atoms with Gasteiger partial charge in [0.1, 0.15) is 0 Å². The van der Waals surface area contributed by atoms with Crippen molar-refractivity contribution in [3.8, 4) is 6.07 Å². The van der Waals surface area contributed by atoms with Gasteiger partial charge in [-0.25, -0.2) is 0 Å². The van der Waals surface area contributed by atoms with Gasteiger partial charge in [-0.3, -0.25) is 0 Å². The highest BCUT2D eigenvalue weighted by molar-refractivity contribution is 6.30. The third-order valence-corrected chi connectivity index (χ3v) is 3.60. The molecule has 2 aromatic carbocycles. The fourth-order valence-corrected chi connectivity index (χ4v) is 2.28. The second-order valence-corrected chi connectivity index (χ2v) is 5.01. The summed E-state index contributed by atoms with van der Waals surface area (Å²) < 4.78 is 0. The Balaban J connectivity index is 2.26. The smallest absolute Gasteiger partial charge is 0.0991 e. The summed E-state index contributed by atoms with van der Waals surface area (Å²) in [6.45, 7) is 0.498. The number of halogens is 1. The quantitative estimate of drug-likeness (QED) is 0.937. The standard InChI is InChI=1S/C16H16ClN3/c1-20(15-8-2-12(10-18)3-9-15)16(11-19)13-4-6-14(17)7-5-13/h2-9,16H,11,19H2,1H3. The molecule has 2 aromatic rings. The van der Waals surface area contributed by atoms with E-state index in [0.717, 1.165) is 11.3 Å². The molecule has 0 radical (unpaired) electrons. The zero-order chi connectivity index (χ0) is 14.5. The van der Waals surface area contributed by atoms with Crippen molar-refractivity contribution >= 4 is 17.3 Å². The molecule has 1 atom stereocenters. The first-order valence-electron chi connectivity index (χ1n) is 6.34. The van der Waals surface area contributed by atoms with E-state index in [0.29, 0.717) is 17.1 Å². The maximum atomic E-state index is 8.83. The highest BCUT2D eigenvalue weighted by atomic mass is 35.5. The zero-order valence-corrected chi connectivity index (χ0v) is 12.0. The average molecular weight is 286 g/mol. The van der Waals surface area contributed by atoms with Crippen LogP contribution < -0.4 is 10.6 Å². The van der Waals surface area contributed by atoms with Crippen LogP contribution in [0.4, 0.5) is 5.69 Å². The number of likely N-dealkylation sites (N-methyl/N-ethyl adjacent to an activating group) is 1. The van der Waals surface area contributed by atoms with Crippen molar-refractivity contribution < 1.29 is 0 Å². The molecule has 1 unspecified atom stereocenters. The molecular weight excluding hydrogens is 270 g/mol. The van der Waals surface area contributed by atoms with Crippen molar-refractivity contribution in [3.05, 3.63) is 64.7 Å². The maximum Gasteiger partial charge on any atom is 0.0991 e. The van der Waals surface area contributed by atoms with Crippen LogP contribution >= 0.6 is 11.6 Å². The van der Waals surface area contributed by atoms with Crippen molar-refractivity contribution in [2.45, 2.75) is 6.04 Å². The lowest BCUT2D eigenvalue weighted by molar-refractivity contribution is 0.681. The van der Waals surface area contributed by atoms with Gasteiger partial charge in [0.25, 0.3) is 0 Å². The molecule has 0 aromatic heterocycles. The molecule has 0 spiro atoms. The van der Waals surface area contributed by atoms with Crippen LogP contribution in [-0.2, 0) is 0 Å². The van der Waals surface area contributed by atoms with E-state index >= 15 is 0 Å². The van der Waals surface area contributed by atoms with Gasteiger partial charge in [-0.1, -0.05) is 23.7 Å². The Morgan fingerprint density at radius 3 is 2.25 bits per heavy atom. The summed E-state index contributed by atoms with van der Waals surface area (Å²) >= 11 is 5.91. The number of benzene rings is 2. The lowest BCUT2D eigenvalue weighted by atomic mass is 10.0. The first-order chi connectivity index (χ1) is 9.65. The van der Waals surface area contributed by atoms with E-state index in [4.69, 9.17) is 22.6 Å². The number of nitrogens with zero attached hydrogens (tertiary/aromatic N) is 2. The summed E-state index contributed by atoms with van der Waals surface area (Å²) in [5.74, 6) is 0. The van der Waals surface area contributed by atoms with E-state index in [1.807, 2.05) is 43.4 Å². The number of hydrogen-bond acceptors (Lipinski definition) is 3. The Bertz CT molecular complexity index is 599. The summed E-state index contributed by atoms with van der Waals surface area (Å²) in [5, 5.41) is 9.54. The third kappa shape index (κ3) is 3.11. The van der Waals surface area contributed by atoms with E-state index < -0.39 is 0 Å². The summed E-state index contributed by atoms with van der Waals surface area (Å²) in [7, 11) is 1.99. The second kappa shape index (κ2) is 6.42. The van der Waals surface area contributed by atoms with Crippen LogP contribution in [0, 0.1) is 11.3 Å². The fraction of sp³-hybridized carbons (Fsp3) is 0.188. The molecule has 102 valence electrons. The molecule has 0 aliphatic rings. The topological polar surface area (TPSA) is 53.0 Å². The molecular formula is C16H16ClN3. The largest absolute Gasteiger partial charge is 0.366 e. The monoisotopic (exact) mass is 285 g/mol. The lowest BCUT2D eigenvalue weighted by Crippen LogP contribution is -2.30. The molecule has 0 aliphatic heterocycles. The van der Waals surface area contributed by atoms with Gasteiger partial charge in [0.15, 0.2) is 0 Å². The Morgan fingerprint density at radius 2 is 1.75 bits per heavy atom. The van der Waals surface area contributed by atoms with E-state index in [1.165, 1.54) is 0 Å². The summed E-state index contributed by atoms with van der Waals surface area (Å²) in [6, 6.07) is 17.4. The molecule has 0 bridgehead atoms. The minimum atomic E-state index is 0.0696. The number of nitrogens with two attached hydrogens (primary N) is 1. The summed E-state index contributed by atoms with van der Waals surface area (Å²) in [6.07, 6.45) is 0. The van der Waals surface area contributed by atoms with E-state index in [-0.39, 0.29) is 6.04 Å². The normalized spacial score (nSPS) is 11.7. The lowest BCUT2D eigenvalue weighted by Gasteiger charge is -2.29. The first kappa shape index (κ1) is 14.4. The molecule has 0 saturated heterocycles. The molecule has 4 heteroatoms. The first-order valence-corrected chi connectivity index (χ1v) is 6.72. The fourth-order valence-electron chi connectivity index (χ4n) is 2.15. The number of rotatable bonds is 4. The van der Waals surface area contributed by atoms with E-state index in [9.17, 15) is 0 Å². The van der Waals surface area contributed by atoms with Gasteiger partial charge in [0, 0.05) is 24.3 Å². The maximum absolute atomic E-state index is 8.83. The van der Waals surface area contributed by atoms with Crippen LogP contribution in [0.1, 0.15) is 17.2 Å². The van der Waals surface area contributed by atoms with Gasteiger partial charge >= 0.3 is 0 Å².